The van der Waals surface area contributed by atoms with Crippen molar-refractivity contribution >= 4 is 21.5 Å². The zero-order valence-electron chi connectivity index (χ0n) is 20.3. The first-order chi connectivity index (χ1) is 17.0. The molecule has 0 saturated carbocycles. The second-order valence-corrected chi connectivity index (χ2v) is 11.8. The van der Waals surface area contributed by atoms with Gasteiger partial charge in [0.1, 0.15) is 16.2 Å². The lowest BCUT2D eigenvalue weighted by atomic mass is 9.82. The Balaban J connectivity index is 1.57. The average molecular weight is 529 g/mol. The van der Waals surface area contributed by atoms with Gasteiger partial charge in [0.2, 0.25) is 5.82 Å². The molecule has 1 N–H and O–H groups in total. The third-order valence-electron chi connectivity index (χ3n) is 6.73. The van der Waals surface area contributed by atoms with Crippen LogP contribution in [0.2, 0.25) is 0 Å². The van der Waals surface area contributed by atoms with E-state index in [1.54, 1.807) is 17.0 Å². The minimum atomic E-state index is -3.26. The molecule has 8 nitrogen and oxygen atoms in total. The van der Waals surface area contributed by atoms with Crippen molar-refractivity contribution in [2.24, 2.45) is 5.41 Å². The van der Waals surface area contributed by atoms with Gasteiger partial charge in [-0.2, -0.15) is 4.39 Å². The van der Waals surface area contributed by atoms with Gasteiger partial charge in [-0.25, -0.2) is 27.2 Å². The summed E-state index contributed by atoms with van der Waals surface area (Å²) in [6, 6.07) is 5.48. The van der Waals surface area contributed by atoms with Crippen LogP contribution in [0, 0.1) is 11.2 Å². The molecule has 1 aromatic carbocycles. The molecule has 2 aliphatic rings. The number of sulfone groups is 1. The molecule has 0 radical (unpaired) electrons. The van der Waals surface area contributed by atoms with Crippen LogP contribution in [0.4, 0.5) is 24.8 Å². The monoisotopic (exact) mass is 528 g/mol. The number of benzene rings is 1. The van der Waals surface area contributed by atoms with Gasteiger partial charge in [0.15, 0.2) is 11.6 Å². The summed E-state index contributed by atoms with van der Waals surface area (Å²) < 4.78 is 78.1. The Morgan fingerprint density at radius 1 is 1.14 bits per heavy atom. The number of morpholine rings is 1. The molecule has 198 valence electrons. The molecule has 2 fully saturated rings. The largest absolute Gasteiger partial charge is 0.381 e. The lowest BCUT2D eigenvalue weighted by molar-refractivity contribution is 0.0174. The van der Waals surface area contributed by atoms with E-state index in [-0.39, 0.29) is 36.1 Å². The molecule has 4 rings (SSSR count). The summed E-state index contributed by atoms with van der Waals surface area (Å²) in [6.45, 7) is 2.87. The highest BCUT2D eigenvalue weighted by atomic mass is 32.2. The van der Waals surface area contributed by atoms with Gasteiger partial charge in [-0.3, -0.25) is 0 Å². The number of nitrogens with zero attached hydrogens (tertiary/aromatic N) is 3. The molecular formula is C24H31F3N4O4S. The molecule has 3 heterocycles. The minimum absolute atomic E-state index is 0.0226. The number of hydrogen-bond acceptors (Lipinski definition) is 8. The summed E-state index contributed by atoms with van der Waals surface area (Å²) in [6.07, 6.45) is 3.51. The van der Waals surface area contributed by atoms with Crippen LogP contribution in [0.15, 0.2) is 30.6 Å². The van der Waals surface area contributed by atoms with Crippen molar-refractivity contribution in [1.29, 1.82) is 0 Å². The minimum Gasteiger partial charge on any atom is -0.381 e. The first-order valence-electron chi connectivity index (χ1n) is 11.8. The molecule has 1 aromatic heterocycles. The van der Waals surface area contributed by atoms with E-state index in [1.807, 2.05) is 0 Å². The first kappa shape index (κ1) is 26.6. The van der Waals surface area contributed by atoms with Gasteiger partial charge in [0.25, 0.3) is 5.92 Å². The second kappa shape index (κ2) is 10.5. The smallest absolute Gasteiger partial charge is 0.270 e. The van der Waals surface area contributed by atoms with Gasteiger partial charge in [-0.05, 0) is 18.4 Å². The van der Waals surface area contributed by atoms with Crippen LogP contribution in [-0.4, -0.2) is 69.9 Å². The quantitative estimate of drug-likeness (QED) is 0.556. The van der Waals surface area contributed by atoms with E-state index in [9.17, 15) is 17.2 Å². The van der Waals surface area contributed by atoms with Crippen molar-refractivity contribution in [3.63, 3.8) is 0 Å². The van der Waals surface area contributed by atoms with Gasteiger partial charge >= 0.3 is 0 Å². The number of alkyl halides is 2. The number of hydrogen-bond donors (Lipinski definition) is 1. The number of anilines is 2. The Morgan fingerprint density at radius 2 is 1.83 bits per heavy atom. The predicted molar refractivity (Wildman–Crippen MR) is 130 cm³/mol. The van der Waals surface area contributed by atoms with E-state index >= 15 is 4.39 Å². The van der Waals surface area contributed by atoms with E-state index in [4.69, 9.17) is 9.47 Å². The number of rotatable bonds is 8. The fraction of sp³-hybridized carbons (Fsp3) is 0.583. The summed E-state index contributed by atoms with van der Waals surface area (Å²) in [7, 11) is -3.26. The molecular weight excluding hydrogens is 497 g/mol. The Labute approximate surface area is 209 Å². The summed E-state index contributed by atoms with van der Waals surface area (Å²) in [5.41, 5.74) is 0.00319. The summed E-state index contributed by atoms with van der Waals surface area (Å²) in [4.78, 5) is 9.98. The Kier molecular flexibility index (Phi) is 7.77. The van der Waals surface area contributed by atoms with E-state index in [0.717, 1.165) is 6.92 Å². The van der Waals surface area contributed by atoms with Crippen molar-refractivity contribution < 1.29 is 31.1 Å². The van der Waals surface area contributed by atoms with Crippen molar-refractivity contribution in [3.05, 3.63) is 47.5 Å². The molecule has 12 heteroatoms. The van der Waals surface area contributed by atoms with E-state index in [1.165, 1.54) is 24.7 Å². The third kappa shape index (κ3) is 6.27. The molecule has 2 aliphatic heterocycles. The van der Waals surface area contributed by atoms with E-state index in [2.05, 4.69) is 15.3 Å². The fourth-order valence-electron chi connectivity index (χ4n) is 4.82. The average Bonchev–Trinajstić information content (AvgIpc) is 2.83. The lowest BCUT2D eigenvalue weighted by Gasteiger charge is -2.38. The topological polar surface area (TPSA) is 93.6 Å². The summed E-state index contributed by atoms with van der Waals surface area (Å²) >= 11 is 0. The maximum Gasteiger partial charge on any atom is 0.270 e. The Hall–Kier alpha value is -2.44. The normalized spacial score (nSPS) is 20.8. The zero-order chi connectivity index (χ0) is 26.0. The second-order valence-electron chi connectivity index (χ2n) is 9.69. The van der Waals surface area contributed by atoms with Crippen LogP contribution in [0.5, 0.6) is 0 Å². The summed E-state index contributed by atoms with van der Waals surface area (Å²) in [5, 5.41) is 3.02. The predicted octanol–water partition coefficient (Wildman–Crippen LogP) is 3.56. The number of nitrogens with one attached hydrogen (secondary N) is 1. The maximum atomic E-state index is 15.7. The molecule has 0 unspecified atom stereocenters. The summed E-state index contributed by atoms with van der Waals surface area (Å²) in [5.74, 6) is -3.61. The maximum absolute atomic E-state index is 15.7. The molecule has 1 atom stereocenters. The number of aromatic nitrogens is 2. The SMILES string of the molecule is CC(F)(F)c1ccc([C@H]2COCCN2c2ncnc(NCC3(CS(C)(=O)=O)CCOCC3)c2F)cc1. The molecule has 36 heavy (non-hydrogen) atoms. The zero-order valence-corrected chi connectivity index (χ0v) is 21.2. The van der Waals surface area contributed by atoms with Crippen molar-refractivity contribution in [2.75, 3.05) is 61.7 Å². The van der Waals surface area contributed by atoms with Crippen LogP contribution in [0.25, 0.3) is 0 Å². The van der Waals surface area contributed by atoms with E-state index < -0.39 is 33.0 Å². The Morgan fingerprint density at radius 3 is 2.47 bits per heavy atom. The van der Waals surface area contributed by atoms with Gasteiger partial charge in [-0.15, -0.1) is 0 Å². The molecule has 0 amide bonds. The van der Waals surface area contributed by atoms with Crippen LogP contribution in [-0.2, 0) is 25.2 Å². The first-order valence-corrected chi connectivity index (χ1v) is 13.9. The highest BCUT2D eigenvalue weighted by Gasteiger charge is 2.37. The number of ether oxygens (including phenoxy) is 2. The van der Waals surface area contributed by atoms with Crippen molar-refractivity contribution in [1.82, 2.24) is 9.97 Å². The van der Waals surface area contributed by atoms with Crippen LogP contribution in [0.3, 0.4) is 0 Å². The van der Waals surface area contributed by atoms with Gasteiger partial charge in [0, 0.05) is 50.5 Å². The van der Waals surface area contributed by atoms with Gasteiger partial charge < -0.3 is 19.7 Å². The van der Waals surface area contributed by atoms with E-state index in [0.29, 0.717) is 44.8 Å². The molecule has 2 saturated heterocycles. The highest BCUT2D eigenvalue weighted by Crippen LogP contribution is 2.36. The molecule has 2 aromatic rings. The van der Waals surface area contributed by atoms with Crippen LogP contribution in [0.1, 0.15) is 36.9 Å². The molecule has 0 spiro atoms. The van der Waals surface area contributed by atoms with Gasteiger partial charge in [0.05, 0.1) is 25.0 Å². The van der Waals surface area contributed by atoms with Crippen molar-refractivity contribution in [3.8, 4) is 0 Å². The fourth-order valence-corrected chi connectivity index (χ4v) is 6.32. The third-order valence-corrected chi connectivity index (χ3v) is 7.86. The van der Waals surface area contributed by atoms with Crippen molar-refractivity contribution in [2.45, 2.75) is 31.7 Å². The standard InChI is InChI=1S/C24H31F3N4O4S/c1-23(26,27)18-5-3-17(4-6-18)19-13-35-12-9-31(19)22-20(25)21(29-16-30-22)28-14-24(15-36(2,32)33)7-10-34-11-8-24/h3-6,16,19H,7-15H2,1-2H3,(H,28,29,30)/t19-/m1/s1. The molecule has 0 bridgehead atoms. The van der Waals surface area contributed by atoms with Gasteiger partial charge in [-0.1, -0.05) is 24.3 Å². The Bertz CT molecular complexity index is 1150. The lowest BCUT2D eigenvalue weighted by Crippen LogP contribution is -2.42. The number of halogens is 3. The molecule has 0 aliphatic carbocycles. The van der Waals surface area contributed by atoms with Crippen LogP contribution >= 0.6 is 0 Å². The van der Waals surface area contributed by atoms with Crippen LogP contribution < -0.4 is 10.2 Å². The highest BCUT2D eigenvalue weighted by molar-refractivity contribution is 7.90.